The molecule has 0 bridgehead atoms. The number of carbonyl (C=O) groups excluding carboxylic acids is 1. The maximum atomic E-state index is 12.2. The molecule has 1 heterocycles. The SMILES string of the molecule is COc1ccc(N2CCCN(C(=O)OC(C)(C)C)CC2)cc1. The minimum absolute atomic E-state index is 0.218. The van der Waals surface area contributed by atoms with Crippen LogP contribution in [0.5, 0.6) is 5.75 Å². The van der Waals surface area contributed by atoms with Crippen molar-refractivity contribution >= 4 is 11.8 Å². The molecule has 1 saturated heterocycles. The van der Waals surface area contributed by atoms with Crippen LogP contribution in [0.25, 0.3) is 0 Å². The van der Waals surface area contributed by atoms with E-state index in [2.05, 4.69) is 17.0 Å². The topological polar surface area (TPSA) is 42.0 Å². The molecular weight excluding hydrogens is 280 g/mol. The van der Waals surface area contributed by atoms with E-state index in [4.69, 9.17) is 9.47 Å². The molecule has 0 saturated carbocycles. The molecule has 0 atom stereocenters. The Kier molecular flexibility index (Phi) is 5.16. The highest BCUT2D eigenvalue weighted by Crippen LogP contribution is 2.21. The summed E-state index contributed by atoms with van der Waals surface area (Å²) in [6, 6.07) is 8.04. The first-order valence-electron chi connectivity index (χ1n) is 7.76. The summed E-state index contributed by atoms with van der Waals surface area (Å²) in [5.41, 5.74) is 0.714. The summed E-state index contributed by atoms with van der Waals surface area (Å²) < 4.78 is 10.6. The van der Waals surface area contributed by atoms with Crippen LogP contribution in [0.15, 0.2) is 24.3 Å². The van der Waals surface area contributed by atoms with Gasteiger partial charge in [0.05, 0.1) is 7.11 Å². The number of amides is 1. The van der Waals surface area contributed by atoms with Gasteiger partial charge in [0.25, 0.3) is 0 Å². The Balaban J connectivity index is 1.95. The van der Waals surface area contributed by atoms with Gasteiger partial charge in [0.2, 0.25) is 0 Å². The quantitative estimate of drug-likeness (QED) is 0.842. The van der Waals surface area contributed by atoms with Crippen LogP contribution >= 0.6 is 0 Å². The fourth-order valence-electron chi connectivity index (χ4n) is 2.48. The molecule has 1 amide bonds. The third-order valence-electron chi connectivity index (χ3n) is 3.59. The van der Waals surface area contributed by atoms with Gasteiger partial charge in [-0.2, -0.15) is 0 Å². The minimum atomic E-state index is -0.445. The van der Waals surface area contributed by atoms with Crippen molar-refractivity contribution in [2.45, 2.75) is 32.8 Å². The summed E-state index contributed by atoms with van der Waals surface area (Å²) in [6.07, 6.45) is 0.717. The average molecular weight is 306 g/mol. The molecule has 0 radical (unpaired) electrons. The molecule has 22 heavy (non-hydrogen) atoms. The molecule has 0 aliphatic carbocycles. The van der Waals surface area contributed by atoms with Crippen LogP contribution in [0.3, 0.4) is 0 Å². The van der Waals surface area contributed by atoms with Gasteiger partial charge in [-0.3, -0.25) is 0 Å². The molecule has 5 nitrogen and oxygen atoms in total. The molecule has 0 unspecified atom stereocenters. The summed E-state index contributed by atoms with van der Waals surface area (Å²) in [6.45, 7) is 8.85. The zero-order valence-electron chi connectivity index (χ0n) is 14.0. The normalized spacial score (nSPS) is 16.2. The van der Waals surface area contributed by atoms with Crippen molar-refractivity contribution in [2.75, 3.05) is 38.2 Å². The monoisotopic (exact) mass is 306 g/mol. The molecule has 1 aliphatic heterocycles. The van der Waals surface area contributed by atoms with Crippen LogP contribution in [0.4, 0.5) is 10.5 Å². The number of carbonyl (C=O) groups is 1. The zero-order valence-corrected chi connectivity index (χ0v) is 14.0. The molecule has 0 aromatic heterocycles. The number of ether oxygens (including phenoxy) is 2. The second kappa shape index (κ2) is 6.90. The lowest BCUT2D eigenvalue weighted by molar-refractivity contribution is 0.0263. The average Bonchev–Trinajstić information content (AvgIpc) is 2.71. The number of nitrogens with zero attached hydrogens (tertiary/aromatic N) is 2. The first-order valence-corrected chi connectivity index (χ1v) is 7.76. The minimum Gasteiger partial charge on any atom is -0.497 e. The maximum Gasteiger partial charge on any atom is 0.410 e. The van der Waals surface area contributed by atoms with Crippen molar-refractivity contribution in [1.82, 2.24) is 4.90 Å². The first kappa shape index (κ1) is 16.5. The standard InChI is InChI=1S/C17H26N2O3/c1-17(2,3)22-16(20)19-11-5-10-18(12-13-19)14-6-8-15(21-4)9-7-14/h6-9H,5,10-13H2,1-4H3. The van der Waals surface area contributed by atoms with Crippen molar-refractivity contribution < 1.29 is 14.3 Å². The van der Waals surface area contributed by atoms with Crippen LogP contribution in [0, 0.1) is 0 Å². The van der Waals surface area contributed by atoms with Gasteiger partial charge in [-0.25, -0.2) is 4.79 Å². The molecule has 0 N–H and O–H groups in total. The molecule has 1 fully saturated rings. The molecule has 1 aromatic rings. The van der Waals surface area contributed by atoms with Crippen molar-refractivity contribution in [2.24, 2.45) is 0 Å². The Labute approximate surface area is 132 Å². The molecule has 1 aromatic carbocycles. The Morgan fingerprint density at radius 2 is 1.73 bits per heavy atom. The van der Waals surface area contributed by atoms with Gasteiger partial charge in [0.1, 0.15) is 11.4 Å². The van der Waals surface area contributed by atoms with Gasteiger partial charge in [-0.05, 0) is 51.5 Å². The van der Waals surface area contributed by atoms with Crippen molar-refractivity contribution in [1.29, 1.82) is 0 Å². The lowest BCUT2D eigenvalue weighted by Gasteiger charge is -2.27. The zero-order chi connectivity index (χ0) is 16.2. The summed E-state index contributed by atoms with van der Waals surface area (Å²) in [4.78, 5) is 16.3. The van der Waals surface area contributed by atoms with Crippen molar-refractivity contribution in [3.05, 3.63) is 24.3 Å². The van der Waals surface area contributed by atoms with Crippen molar-refractivity contribution in [3.8, 4) is 5.75 Å². The smallest absolute Gasteiger partial charge is 0.410 e. The van der Waals surface area contributed by atoms with E-state index in [1.807, 2.05) is 32.9 Å². The van der Waals surface area contributed by atoms with Crippen molar-refractivity contribution in [3.63, 3.8) is 0 Å². The van der Waals surface area contributed by atoms with Gasteiger partial charge in [0, 0.05) is 31.9 Å². The van der Waals surface area contributed by atoms with Gasteiger partial charge < -0.3 is 19.3 Å². The maximum absolute atomic E-state index is 12.2. The molecule has 1 aliphatic rings. The number of anilines is 1. The van der Waals surface area contributed by atoms with Gasteiger partial charge >= 0.3 is 6.09 Å². The van der Waals surface area contributed by atoms with Gasteiger partial charge in [0.15, 0.2) is 0 Å². The van der Waals surface area contributed by atoms with Crippen LogP contribution in [0.1, 0.15) is 27.2 Å². The second-order valence-corrected chi connectivity index (χ2v) is 6.51. The van der Waals surface area contributed by atoms with E-state index >= 15 is 0 Å². The third kappa shape index (κ3) is 4.55. The van der Waals surface area contributed by atoms with E-state index in [-0.39, 0.29) is 6.09 Å². The van der Waals surface area contributed by atoms with E-state index in [1.165, 1.54) is 0 Å². The van der Waals surface area contributed by atoms with E-state index in [0.717, 1.165) is 37.5 Å². The molecule has 2 rings (SSSR count). The van der Waals surface area contributed by atoms with E-state index in [1.54, 1.807) is 12.0 Å². The highest BCUT2D eigenvalue weighted by molar-refractivity contribution is 5.68. The Hall–Kier alpha value is -1.91. The Morgan fingerprint density at radius 3 is 2.32 bits per heavy atom. The van der Waals surface area contributed by atoms with E-state index in [0.29, 0.717) is 6.54 Å². The molecule has 0 spiro atoms. The predicted octanol–water partition coefficient (Wildman–Crippen LogP) is 3.14. The summed E-state index contributed by atoms with van der Waals surface area (Å²) in [5, 5.41) is 0. The summed E-state index contributed by atoms with van der Waals surface area (Å²) in [5.74, 6) is 0.856. The first-order chi connectivity index (χ1) is 10.4. The number of rotatable bonds is 2. The number of hydrogen-bond acceptors (Lipinski definition) is 4. The lowest BCUT2D eigenvalue weighted by Crippen LogP contribution is -2.39. The van der Waals surface area contributed by atoms with Gasteiger partial charge in [-0.15, -0.1) is 0 Å². The Morgan fingerprint density at radius 1 is 1.05 bits per heavy atom. The largest absolute Gasteiger partial charge is 0.497 e. The summed E-state index contributed by atoms with van der Waals surface area (Å²) in [7, 11) is 1.67. The predicted molar refractivity (Wildman–Crippen MR) is 87.6 cm³/mol. The number of methoxy groups -OCH3 is 1. The van der Waals surface area contributed by atoms with Crippen LogP contribution < -0.4 is 9.64 Å². The van der Waals surface area contributed by atoms with Crippen LogP contribution in [-0.4, -0.2) is 49.9 Å². The molecule has 122 valence electrons. The third-order valence-corrected chi connectivity index (χ3v) is 3.59. The lowest BCUT2D eigenvalue weighted by atomic mass is 10.2. The Bertz CT molecular complexity index is 494. The highest BCUT2D eigenvalue weighted by Gasteiger charge is 2.24. The molecule has 5 heteroatoms. The van der Waals surface area contributed by atoms with E-state index in [9.17, 15) is 4.79 Å². The highest BCUT2D eigenvalue weighted by atomic mass is 16.6. The number of hydrogen-bond donors (Lipinski definition) is 0. The van der Waals surface area contributed by atoms with Crippen LogP contribution in [0.2, 0.25) is 0 Å². The second-order valence-electron chi connectivity index (χ2n) is 6.51. The number of benzene rings is 1. The fourth-order valence-corrected chi connectivity index (χ4v) is 2.48. The fraction of sp³-hybridized carbons (Fsp3) is 0.588. The molecular formula is C17H26N2O3. The van der Waals surface area contributed by atoms with E-state index < -0.39 is 5.60 Å². The van der Waals surface area contributed by atoms with Gasteiger partial charge in [-0.1, -0.05) is 0 Å². The van der Waals surface area contributed by atoms with Crippen LogP contribution in [-0.2, 0) is 4.74 Å². The summed E-state index contributed by atoms with van der Waals surface area (Å²) >= 11 is 0.